The summed E-state index contributed by atoms with van der Waals surface area (Å²) in [4.78, 5) is 0. The van der Waals surface area contributed by atoms with Crippen LogP contribution in [0.1, 0.15) is 73.6 Å². The molecule has 0 saturated carbocycles. The quantitative estimate of drug-likeness (QED) is 0.729. The Morgan fingerprint density at radius 3 is 1.83 bits per heavy atom. The highest BCUT2D eigenvalue weighted by molar-refractivity contribution is 5.49. The minimum atomic E-state index is 0.0866. The van der Waals surface area contributed by atoms with Gasteiger partial charge in [-0.05, 0) is 71.0 Å². The van der Waals surface area contributed by atoms with Crippen LogP contribution in [0.15, 0.2) is 24.3 Å². The van der Waals surface area contributed by atoms with E-state index < -0.39 is 0 Å². The van der Waals surface area contributed by atoms with Gasteiger partial charge >= 0.3 is 0 Å². The highest BCUT2D eigenvalue weighted by atomic mass is 16.3. The number of hydrogen-bond acceptors (Lipinski definition) is 1. The minimum Gasteiger partial charge on any atom is -0.507 e. The second-order valence-corrected chi connectivity index (χ2v) is 7.98. The van der Waals surface area contributed by atoms with Crippen molar-refractivity contribution in [3.05, 3.63) is 63.2 Å². The summed E-state index contributed by atoms with van der Waals surface area (Å²) in [6.07, 6.45) is 2.70. The number of benzene rings is 2. The van der Waals surface area contributed by atoms with Crippen molar-refractivity contribution in [3.8, 4) is 5.75 Å². The smallest absolute Gasteiger partial charge is 0.122 e. The van der Waals surface area contributed by atoms with Crippen LogP contribution in [0.4, 0.5) is 0 Å². The lowest BCUT2D eigenvalue weighted by atomic mass is 9.83. The molecule has 0 spiro atoms. The summed E-state index contributed by atoms with van der Waals surface area (Å²) in [6.45, 7) is 15.4. The molecule has 1 nitrogen and oxygen atoms in total. The lowest BCUT2D eigenvalue weighted by molar-refractivity contribution is 0.461. The third-order valence-corrected chi connectivity index (χ3v) is 5.07. The molecule has 24 heavy (non-hydrogen) atoms. The lowest BCUT2D eigenvalue weighted by Crippen LogP contribution is -2.12. The zero-order valence-corrected chi connectivity index (χ0v) is 16.4. The zero-order valence-electron chi connectivity index (χ0n) is 16.4. The van der Waals surface area contributed by atoms with Gasteiger partial charge < -0.3 is 5.11 Å². The molecule has 0 bridgehead atoms. The van der Waals surface area contributed by atoms with Crippen molar-refractivity contribution in [2.45, 2.75) is 73.1 Å². The average molecular weight is 325 g/mol. The normalized spacial score (nSPS) is 11.8. The van der Waals surface area contributed by atoms with Crippen LogP contribution in [0.2, 0.25) is 0 Å². The minimum absolute atomic E-state index is 0.0866. The van der Waals surface area contributed by atoms with Crippen molar-refractivity contribution in [2.75, 3.05) is 0 Å². The van der Waals surface area contributed by atoms with Gasteiger partial charge in [0.05, 0.1) is 0 Å². The lowest BCUT2D eigenvalue weighted by Gasteiger charge is -2.23. The fourth-order valence-corrected chi connectivity index (χ4v) is 3.32. The van der Waals surface area contributed by atoms with Crippen LogP contribution < -0.4 is 0 Å². The van der Waals surface area contributed by atoms with Gasteiger partial charge in [-0.25, -0.2) is 0 Å². The Hall–Kier alpha value is -1.76. The average Bonchev–Trinajstić information content (AvgIpc) is 2.50. The van der Waals surface area contributed by atoms with E-state index in [1.165, 1.54) is 27.8 Å². The number of aryl methyl sites for hydroxylation is 4. The van der Waals surface area contributed by atoms with Crippen LogP contribution in [0.25, 0.3) is 0 Å². The summed E-state index contributed by atoms with van der Waals surface area (Å²) < 4.78 is 0. The molecule has 0 fully saturated rings. The summed E-state index contributed by atoms with van der Waals surface area (Å²) in [5, 5.41) is 10.7. The van der Waals surface area contributed by atoms with E-state index in [9.17, 15) is 5.11 Å². The Balaban J connectivity index is 2.53. The summed E-state index contributed by atoms with van der Waals surface area (Å²) in [7, 11) is 0. The van der Waals surface area contributed by atoms with Gasteiger partial charge in [-0.3, -0.25) is 0 Å². The van der Waals surface area contributed by atoms with E-state index in [1.807, 2.05) is 0 Å². The summed E-state index contributed by atoms with van der Waals surface area (Å²) >= 11 is 0. The third kappa shape index (κ3) is 3.83. The maximum Gasteiger partial charge on any atom is 0.122 e. The van der Waals surface area contributed by atoms with Crippen LogP contribution in [0, 0.1) is 13.8 Å². The molecule has 0 aliphatic heterocycles. The van der Waals surface area contributed by atoms with E-state index in [0.717, 1.165) is 30.4 Å². The van der Waals surface area contributed by atoms with Gasteiger partial charge in [0.25, 0.3) is 0 Å². The Morgan fingerprint density at radius 1 is 0.750 bits per heavy atom. The highest BCUT2D eigenvalue weighted by Gasteiger charge is 2.19. The van der Waals surface area contributed by atoms with Gasteiger partial charge in [-0.1, -0.05) is 58.9 Å². The molecule has 2 aromatic rings. The maximum atomic E-state index is 10.7. The predicted octanol–water partition coefficient (Wildman–Crippen LogP) is 6.02. The highest BCUT2D eigenvalue weighted by Crippen LogP contribution is 2.33. The van der Waals surface area contributed by atoms with E-state index >= 15 is 0 Å². The monoisotopic (exact) mass is 324 g/mol. The second-order valence-electron chi connectivity index (χ2n) is 7.98. The molecule has 0 aliphatic rings. The SMILES string of the molecule is CCc1cc(Cc2cc(C(C)(C)C)cc(CC)c2O)c(C)cc1C. The molecule has 2 aromatic carbocycles. The molecule has 2 rings (SSSR count). The van der Waals surface area contributed by atoms with Crippen LogP contribution in [-0.2, 0) is 24.7 Å². The Bertz CT molecular complexity index is 733. The van der Waals surface area contributed by atoms with E-state index in [1.54, 1.807) is 0 Å². The van der Waals surface area contributed by atoms with Crippen molar-refractivity contribution in [1.82, 2.24) is 0 Å². The van der Waals surface area contributed by atoms with Crippen LogP contribution in [0.3, 0.4) is 0 Å². The van der Waals surface area contributed by atoms with Crippen molar-refractivity contribution in [2.24, 2.45) is 0 Å². The summed E-state index contributed by atoms with van der Waals surface area (Å²) in [5.41, 5.74) is 8.88. The molecule has 0 unspecified atom stereocenters. The van der Waals surface area contributed by atoms with Gasteiger partial charge in [0.1, 0.15) is 5.75 Å². The molecule has 0 atom stereocenters. The molecule has 0 radical (unpaired) electrons. The van der Waals surface area contributed by atoms with Crippen molar-refractivity contribution >= 4 is 0 Å². The standard InChI is InChI=1S/C23H32O/c1-8-17-11-19(16(4)10-15(17)3)12-20-14-21(23(5,6)7)13-18(9-2)22(20)24/h10-11,13-14,24H,8-9,12H2,1-7H3. The number of phenolic OH excluding ortho intramolecular Hbond substituents is 1. The van der Waals surface area contributed by atoms with E-state index in [2.05, 4.69) is 72.7 Å². The number of aromatic hydroxyl groups is 1. The predicted molar refractivity (Wildman–Crippen MR) is 104 cm³/mol. The van der Waals surface area contributed by atoms with E-state index in [0.29, 0.717) is 5.75 Å². The number of hydrogen-bond donors (Lipinski definition) is 1. The second kappa shape index (κ2) is 7.01. The molecule has 1 heteroatoms. The first-order valence-electron chi connectivity index (χ1n) is 9.11. The van der Waals surface area contributed by atoms with Gasteiger partial charge in [0.2, 0.25) is 0 Å². The van der Waals surface area contributed by atoms with Gasteiger partial charge in [0.15, 0.2) is 0 Å². The van der Waals surface area contributed by atoms with Gasteiger partial charge in [-0.15, -0.1) is 0 Å². The number of phenols is 1. The molecule has 1 N–H and O–H groups in total. The Morgan fingerprint density at radius 2 is 1.29 bits per heavy atom. The zero-order chi connectivity index (χ0) is 18.1. The largest absolute Gasteiger partial charge is 0.507 e. The molecule has 0 saturated heterocycles. The fraction of sp³-hybridized carbons (Fsp3) is 0.478. The number of rotatable bonds is 4. The van der Waals surface area contributed by atoms with Crippen LogP contribution in [0.5, 0.6) is 5.75 Å². The third-order valence-electron chi connectivity index (χ3n) is 5.07. The van der Waals surface area contributed by atoms with Crippen molar-refractivity contribution in [3.63, 3.8) is 0 Å². The van der Waals surface area contributed by atoms with E-state index in [-0.39, 0.29) is 5.41 Å². The first-order valence-corrected chi connectivity index (χ1v) is 9.11. The Labute approximate surface area is 147 Å². The van der Waals surface area contributed by atoms with Crippen molar-refractivity contribution in [1.29, 1.82) is 0 Å². The fourth-order valence-electron chi connectivity index (χ4n) is 3.32. The molecule has 0 heterocycles. The first kappa shape index (κ1) is 18.6. The van der Waals surface area contributed by atoms with Gasteiger partial charge in [0, 0.05) is 6.42 Å². The molecule has 0 aliphatic carbocycles. The van der Waals surface area contributed by atoms with Crippen LogP contribution >= 0.6 is 0 Å². The van der Waals surface area contributed by atoms with E-state index in [4.69, 9.17) is 0 Å². The molecular formula is C23H32O. The van der Waals surface area contributed by atoms with Crippen LogP contribution in [-0.4, -0.2) is 5.11 Å². The first-order chi connectivity index (χ1) is 11.2. The molecular weight excluding hydrogens is 292 g/mol. The van der Waals surface area contributed by atoms with Gasteiger partial charge in [-0.2, -0.15) is 0 Å². The molecule has 0 aromatic heterocycles. The maximum absolute atomic E-state index is 10.7. The molecule has 0 amide bonds. The van der Waals surface area contributed by atoms with Crippen molar-refractivity contribution < 1.29 is 5.11 Å². The molecule has 130 valence electrons. The summed E-state index contributed by atoms with van der Waals surface area (Å²) in [5.74, 6) is 0.475. The Kier molecular flexibility index (Phi) is 5.42. The topological polar surface area (TPSA) is 20.2 Å². The summed E-state index contributed by atoms with van der Waals surface area (Å²) in [6, 6.07) is 8.96.